The lowest BCUT2D eigenvalue weighted by atomic mass is 10.2. The average Bonchev–Trinajstić information content (AvgIpc) is 2.68. The van der Waals surface area contributed by atoms with Crippen LogP contribution in [0, 0.1) is 0 Å². The van der Waals surface area contributed by atoms with Gasteiger partial charge >= 0.3 is 6.03 Å². The Labute approximate surface area is 105 Å². The van der Waals surface area contributed by atoms with Gasteiger partial charge in [0.05, 0.1) is 6.21 Å². The van der Waals surface area contributed by atoms with E-state index >= 15 is 0 Å². The van der Waals surface area contributed by atoms with E-state index in [2.05, 4.69) is 35.0 Å². The molecule has 0 fully saturated rings. The molecule has 0 saturated heterocycles. The van der Waals surface area contributed by atoms with Gasteiger partial charge < -0.3 is 10.3 Å². The van der Waals surface area contributed by atoms with Crippen molar-refractivity contribution in [2.45, 2.75) is 19.9 Å². The summed E-state index contributed by atoms with van der Waals surface area (Å²) in [4.78, 5) is 10.6. The number of urea groups is 1. The van der Waals surface area contributed by atoms with Gasteiger partial charge in [-0.3, -0.25) is 0 Å². The molecule has 0 aliphatic heterocycles. The third-order valence-electron chi connectivity index (χ3n) is 2.71. The predicted octanol–water partition coefficient (Wildman–Crippen LogP) is 2.22. The highest BCUT2D eigenvalue weighted by molar-refractivity contribution is 5.99. The minimum Gasteiger partial charge on any atom is -0.350 e. The van der Waals surface area contributed by atoms with Crippen LogP contribution in [0.25, 0.3) is 10.9 Å². The third kappa shape index (κ3) is 2.34. The van der Waals surface area contributed by atoms with Crippen molar-refractivity contribution in [3.8, 4) is 0 Å². The van der Waals surface area contributed by atoms with E-state index in [4.69, 9.17) is 5.73 Å². The Morgan fingerprint density at radius 2 is 2.17 bits per heavy atom. The maximum atomic E-state index is 10.6. The molecule has 0 spiro atoms. The van der Waals surface area contributed by atoms with Gasteiger partial charge in [-0.15, -0.1) is 0 Å². The molecule has 94 valence electrons. The van der Waals surface area contributed by atoms with Gasteiger partial charge in [-0.05, 0) is 19.9 Å². The van der Waals surface area contributed by atoms with Crippen LogP contribution in [-0.4, -0.2) is 16.8 Å². The maximum Gasteiger partial charge on any atom is 0.332 e. The van der Waals surface area contributed by atoms with Crippen molar-refractivity contribution in [2.24, 2.45) is 10.8 Å². The van der Waals surface area contributed by atoms with E-state index in [0.29, 0.717) is 6.04 Å². The Morgan fingerprint density at radius 3 is 2.83 bits per heavy atom. The second kappa shape index (κ2) is 4.91. The van der Waals surface area contributed by atoms with E-state index in [9.17, 15) is 4.79 Å². The van der Waals surface area contributed by atoms with Gasteiger partial charge in [-0.2, -0.15) is 5.10 Å². The molecule has 0 aliphatic rings. The standard InChI is InChI=1S/C13H16N4O/c1-9(2)17-8-10(7-15-16-13(14)18)11-5-3-4-6-12(11)17/h3-9H,1-2H3,(H3,14,16,18)/b15-7-. The number of nitrogens with two attached hydrogens (primary N) is 1. The minimum absolute atomic E-state index is 0.362. The number of nitrogens with zero attached hydrogens (tertiary/aromatic N) is 2. The van der Waals surface area contributed by atoms with E-state index in [0.717, 1.165) is 16.5 Å². The van der Waals surface area contributed by atoms with Gasteiger partial charge in [-0.1, -0.05) is 18.2 Å². The molecule has 0 unspecified atom stereocenters. The first kappa shape index (κ1) is 12.2. The number of hydrazone groups is 1. The lowest BCUT2D eigenvalue weighted by Crippen LogP contribution is -2.24. The molecule has 2 rings (SSSR count). The fourth-order valence-electron chi connectivity index (χ4n) is 1.93. The van der Waals surface area contributed by atoms with Gasteiger partial charge in [0, 0.05) is 28.7 Å². The first-order chi connectivity index (χ1) is 8.59. The Kier molecular flexibility index (Phi) is 3.32. The summed E-state index contributed by atoms with van der Waals surface area (Å²) in [6.45, 7) is 4.24. The number of para-hydroxylation sites is 1. The molecule has 0 bridgehead atoms. The van der Waals surface area contributed by atoms with E-state index in [1.165, 1.54) is 0 Å². The van der Waals surface area contributed by atoms with Crippen LogP contribution < -0.4 is 11.2 Å². The molecule has 0 radical (unpaired) electrons. The number of carbonyl (C=O) groups is 1. The van der Waals surface area contributed by atoms with E-state index in [-0.39, 0.29) is 0 Å². The molecule has 2 aromatic rings. The molecule has 5 heteroatoms. The first-order valence-electron chi connectivity index (χ1n) is 5.77. The molecule has 0 atom stereocenters. The minimum atomic E-state index is -0.668. The summed E-state index contributed by atoms with van der Waals surface area (Å²) in [5, 5.41) is 4.90. The zero-order valence-corrected chi connectivity index (χ0v) is 10.4. The van der Waals surface area contributed by atoms with Crippen molar-refractivity contribution in [2.75, 3.05) is 0 Å². The van der Waals surface area contributed by atoms with E-state index in [1.54, 1.807) is 6.21 Å². The van der Waals surface area contributed by atoms with Crippen LogP contribution in [0.3, 0.4) is 0 Å². The van der Waals surface area contributed by atoms with Crippen LogP contribution in [-0.2, 0) is 0 Å². The number of carbonyl (C=O) groups excluding carboxylic acids is 1. The van der Waals surface area contributed by atoms with Crippen LogP contribution in [0.15, 0.2) is 35.6 Å². The maximum absolute atomic E-state index is 10.6. The lowest BCUT2D eigenvalue weighted by Gasteiger charge is -2.08. The van der Waals surface area contributed by atoms with Crippen molar-refractivity contribution >= 4 is 23.1 Å². The van der Waals surface area contributed by atoms with Gasteiger partial charge in [0.2, 0.25) is 0 Å². The molecule has 3 N–H and O–H groups in total. The quantitative estimate of drug-likeness (QED) is 0.630. The van der Waals surface area contributed by atoms with Crippen molar-refractivity contribution in [3.63, 3.8) is 0 Å². The fraction of sp³-hybridized carbons (Fsp3) is 0.231. The second-order valence-electron chi connectivity index (χ2n) is 4.34. The number of fused-ring (bicyclic) bond motifs is 1. The summed E-state index contributed by atoms with van der Waals surface area (Å²) >= 11 is 0. The summed E-state index contributed by atoms with van der Waals surface area (Å²) in [6, 6.07) is 7.77. The van der Waals surface area contributed by atoms with Crippen LogP contribution >= 0.6 is 0 Å². The zero-order chi connectivity index (χ0) is 13.1. The van der Waals surface area contributed by atoms with Crippen LogP contribution in [0.1, 0.15) is 25.5 Å². The highest BCUT2D eigenvalue weighted by Crippen LogP contribution is 2.23. The van der Waals surface area contributed by atoms with Crippen LogP contribution in [0.4, 0.5) is 4.79 Å². The monoisotopic (exact) mass is 244 g/mol. The molecule has 2 amide bonds. The van der Waals surface area contributed by atoms with Crippen molar-refractivity contribution in [1.82, 2.24) is 9.99 Å². The number of primary amides is 1. The summed E-state index contributed by atoms with van der Waals surface area (Å²) in [7, 11) is 0. The number of hydrogen-bond donors (Lipinski definition) is 2. The molecule has 1 aromatic heterocycles. The fourth-order valence-corrected chi connectivity index (χ4v) is 1.93. The topological polar surface area (TPSA) is 72.4 Å². The van der Waals surface area contributed by atoms with Crippen molar-refractivity contribution in [1.29, 1.82) is 0 Å². The van der Waals surface area contributed by atoms with E-state index in [1.807, 2.05) is 24.4 Å². The van der Waals surface area contributed by atoms with Crippen LogP contribution in [0.2, 0.25) is 0 Å². The normalized spacial score (nSPS) is 11.5. The second-order valence-corrected chi connectivity index (χ2v) is 4.34. The Morgan fingerprint density at radius 1 is 1.44 bits per heavy atom. The molecule has 1 aromatic carbocycles. The largest absolute Gasteiger partial charge is 0.350 e. The molecule has 5 nitrogen and oxygen atoms in total. The number of nitrogens with one attached hydrogen (secondary N) is 1. The average molecular weight is 244 g/mol. The summed E-state index contributed by atoms with van der Waals surface area (Å²) < 4.78 is 2.17. The number of aromatic nitrogens is 1. The number of benzene rings is 1. The Hall–Kier alpha value is -2.30. The number of amides is 2. The molecule has 0 aliphatic carbocycles. The molecule has 18 heavy (non-hydrogen) atoms. The summed E-state index contributed by atoms with van der Waals surface area (Å²) in [6.07, 6.45) is 3.62. The zero-order valence-electron chi connectivity index (χ0n) is 10.4. The number of hydrogen-bond acceptors (Lipinski definition) is 2. The Bertz CT molecular complexity index is 598. The van der Waals surface area contributed by atoms with Gasteiger partial charge in [0.1, 0.15) is 0 Å². The molecule has 0 saturated carbocycles. The highest BCUT2D eigenvalue weighted by Gasteiger charge is 2.08. The molecule has 1 heterocycles. The molecular weight excluding hydrogens is 228 g/mol. The smallest absolute Gasteiger partial charge is 0.332 e. The SMILES string of the molecule is CC(C)n1cc(/C=N\NC(N)=O)c2ccccc21. The summed E-state index contributed by atoms with van der Waals surface area (Å²) in [5.41, 5.74) is 9.25. The van der Waals surface area contributed by atoms with Crippen molar-refractivity contribution in [3.05, 3.63) is 36.0 Å². The summed E-state index contributed by atoms with van der Waals surface area (Å²) in [5.74, 6) is 0. The highest BCUT2D eigenvalue weighted by atomic mass is 16.2. The number of rotatable bonds is 3. The van der Waals surface area contributed by atoms with Gasteiger partial charge in [0.25, 0.3) is 0 Å². The lowest BCUT2D eigenvalue weighted by molar-refractivity contribution is 0.249. The van der Waals surface area contributed by atoms with E-state index < -0.39 is 6.03 Å². The van der Waals surface area contributed by atoms with Gasteiger partial charge in [-0.25, -0.2) is 10.2 Å². The predicted molar refractivity (Wildman–Crippen MR) is 72.6 cm³/mol. The Balaban J connectivity index is 2.45. The van der Waals surface area contributed by atoms with Crippen LogP contribution in [0.5, 0.6) is 0 Å². The van der Waals surface area contributed by atoms with Crippen molar-refractivity contribution < 1.29 is 4.79 Å². The van der Waals surface area contributed by atoms with Gasteiger partial charge in [0.15, 0.2) is 0 Å². The first-order valence-corrected chi connectivity index (χ1v) is 5.77. The molecular formula is C13H16N4O. The third-order valence-corrected chi connectivity index (χ3v) is 2.71.